The molecule has 0 spiro atoms. The quantitative estimate of drug-likeness (QED) is 0.438. The van der Waals surface area contributed by atoms with Crippen molar-refractivity contribution in [3.63, 3.8) is 0 Å². The second-order valence-corrected chi connectivity index (χ2v) is 9.41. The minimum absolute atomic E-state index is 0.0266. The van der Waals surface area contributed by atoms with Crippen molar-refractivity contribution in [1.29, 1.82) is 0 Å². The number of ether oxygens (including phenoxy) is 3. The first-order valence-corrected chi connectivity index (χ1v) is 12.6. The molecule has 37 heavy (non-hydrogen) atoms. The maximum absolute atomic E-state index is 14.0. The zero-order valence-corrected chi connectivity index (χ0v) is 20.9. The highest BCUT2D eigenvalue weighted by Crippen LogP contribution is 2.41. The number of carbonyl (C=O) groups excluding carboxylic acids is 1. The molecule has 0 bridgehead atoms. The van der Waals surface area contributed by atoms with Crippen LogP contribution in [0, 0.1) is 5.82 Å². The molecule has 0 radical (unpaired) electrons. The van der Waals surface area contributed by atoms with E-state index in [1.807, 2.05) is 36.4 Å². The van der Waals surface area contributed by atoms with Crippen LogP contribution in [0.1, 0.15) is 23.1 Å². The smallest absolute Gasteiger partial charge is 0.237 e. The lowest BCUT2D eigenvalue weighted by Gasteiger charge is -2.23. The number of hydrogen-bond donors (Lipinski definition) is 2. The van der Waals surface area contributed by atoms with E-state index in [1.165, 1.54) is 6.07 Å². The molecule has 0 saturated carbocycles. The fourth-order valence-corrected chi connectivity index (χ4v) is 5.00. The molecule has 2 atom stereocenters. The number of amides is 1. The third-order valence-corrected chi connectivity index (χ3v) is 6.90. The fraction of sp³-hybridized carbons (Fsp3) is 0.345. The molecule has 2 aliphatic heterocycles. The standard InChI is InChI=1S/C29H32FN3O4/c1-35-26-13-21(14-27-28(26)37-19-36-27)16-32-23-15-25(33(18-23)17-20-7-3-2-4-8-20)29(34)31-12-11-22-9-5-6-10-24(22)30/h2-10,13-14,23,25,32H,11-12,15-19H2,1H3,(H,31,34)/t23-,25-/m0/s1. The van der Waals surface area contributed by atoms with Crippen LogP contribution in [0.4, 0.5) is 4.39 Å². The molecule has 0 aliphatic carbocycles. The highest BCUT2D eigenvalue weighted by Gasteiger charge is 2.36. The Balaban J connectivity index is 1.22. The Kier molecular flexibility index (Phi) is 7.87. The third-order valence-electron chi connectivity index (χ3n) is 6.90. The minimum Gasteiger partial charge on any atom is -0.493 e. The van der Waals surface area contributed by atoms with Crippen molar-refractivity contribution in [3.05, 3.63) is 89.2 Å². The van der Waals surface area contributed by atoms with E-state index in [2.05, 4.69) is 27.7 Å². The molecule has 2 aliphatic rings. The SMILES string of the molecule is COc1cc(CN[C@H]2C[C@@H](C(=O)NCCc3ccccc3F)N(Cc3ccccc3)C2)cc2c1OCO2. The van der Waals surface area contributed by atoms with Gasteiger partial charge in [-0.1, -0.05) is 48.5 Å². The summed E-state index contributed by atoms with van der Waals surface area (Å²) < 4.78 is 30.5. The molecule has 1 amide bonds. The van der Waals surface area contributed by atoms with Gasteiger partial charge in [-0.15, -0.1) is 0 Å². The highest BCUT2D eigenvalue weighted by atomic mass is 19.1. The fourth-order valence-electron chi connectivity index (χ4n) is 5.00. The molecule has 1 saturated heterocycles. The lowest BCUT2D eigenvalue weighted by molar-refractivity contribution is -0.125. The maximum atomic E-state index is 14.0. The molecule has 7 nitrogen and oxygen atoms in total. The van der Waals surface area contributed by atoms with E-state index >= 15 is 0 Å². The van der Waals surface area contributed by atoms with Crippen molar-refractivity contribution in [1.82, 2.24) is 15.5 Å². The Morgan fingerprint density at radius 3 is 2.70 bits per heavy atom. The van der Waals surface area contributed by atoms with Gasteiger partial charge in [-0.25, -0.2) is 4.39 Å². The average molecular weight is 506 g/mol. The van der Waals surface area contributed by atoms with Crippen LogP contribution >= 0.6 is 0 Å². The van der Waals surface area contributed by atoms with Crippen LogP contribution in [0.5, 0.6) is 17.2 Å². The van der Waals surface area contributed by atoms with E-state index in [0.29, 0.717) is 55.3 Å². The predicted octanol–water partition coefficient (Wildman–Crippen LogP) is 3.65. The first kappa shape index (κ1) is 25.0. The summed E-state index contributed by atoms with van der Waals surface area (Å²) in [5, 5.41) is 6.64. The Labute approximate surface area is 216 Å². The molecule has 0 aromatic heterocycles. The van der Waals surface area contributed by atoms with Crippen LogP contribution in [-0.2, 0) is 24.3 Å². The molecule has 8 heteroatoms. The number of carbonyl (C=O) groups is 1. The maximum Gasteiger partial charge on any atom is 0.237 e. The second-order valence-electron chi connectivity index (χ2n) is 9.41. The zero-order chi connectivity index (χ0) is 25.6. The molecule has 1 fully saturated rings. The first-order valence-electron chi connectivity index (χ1n) is 12.6. The molecule has 2 heterocycles. The summed E-state index contributed by atoms with van der Waals surface area (Å²) in [7, 11) is 1.61. The van der Waals surface area contributed by atoms with E-state index in [4.69, 9.17) is 14.2 Å². The summed E-state index contributed by atoms with van der Waals surface area (Å²) >= 11 is 0. The molecular weight excluding hydrogens is 473 g/mol. The van der Waals surface area contributed by atoms with Crippen molar-refractivity contribution in [3.8, 4) is 17.2 Å². The number of likely N-dealkylation sites (tertiary alicyclic amines) is 1. The van der Waals surface area contributed by atoms with Crippen molar-refractivity contribution in [2.24, 2.45) is 0 Å². The number of methoxy groups -OCH3 is 1. The summed E-state index contributed by atoms with van der Waals surface area (Å²) in [5.74, 6) is 1.69. The average Bonchev–Trinajstić information content (AvgIpc) is 3.55. The van der Waals surface area contributed by atoms with E-state index in [-0.39, 0.29) is 30.6 Å². The highest BCUT2D eigenvalue weighted by molar-refractivity contribution is 5.82. The van der Waals surface area contributed by atoms with Gasteiger partial charge in [0, 0.05) is 32.2 Å². The van der Waals surface area contributed by atoms with Crippen molar-refractivity contribution in [2.45, 2.75) is 38.0 Å². The molecule has 194 valence electrons. The van der Waals surface area contributed by atoms with Gasteiger partial charge in [0.05, 0.1) is 13.2 Å². The molecule has 3 aromatic carbocycles. The van der Waals surface area contributed by atoms with Crippen molar-refractivity contribution >= 4 is 5.91 Å². The Morgan fingerprint density at radius 1 is 1.08 bits per heavy atom. The molecular formula is C29H32FN3O4. The lowest BCUT2D eigenvalue weighted by atomic mass is 10.1. The van der Waals surface area contributed by atoms with Crippen molar-refractivity contribution in [2.75, 3.05) is 27.0 Å². The van der Waals surface area contributed by atoms with Crippen LogP contribution in [0.25, 0.3) is 0 Å². The van der Waals surface area contributed by atoms with Gasteiger partial charge in [0.15, 0.2) is 11.5 Å². The third kappa shape index (κ3) is 6.03. The number of nitrogens with one attached hydrogen (secondary N) is 2. The molecule has 0 unspecified atom stereocenters. The van der Waals surface area contributed by atoms with Crippen LogP contribution in [-0.4, -0.2) is 49.9 Å². The van der Waals surface area contributed by atoms with Crippen LogP contribution in [0.15, 0.2) is 66.7 Å². The van der Waals surface area contributed by atoms with Gasteiger partial charge < -0.3 is 24.8 Å². The Hall–Kier alpha value is -3.62. The Morgan fingerprint density at radius 2 is 1.89 bits per heavy atom. The number of fused-ring (bicyclic) bond motifs is 1. The molecule has 3 aromatic rings. The molecule has 5 rings (SSSR count). The van der Waals surface area contributed by atoms with Gasteiger partial charge in [0.25, 0.3) is 0 Å². The number of hydrogen-bond acceptors (Lipinski definition) is 6. The van der Waals surface area contributed by atoms with Gasteiger partial charge in [0.2, 0.25) is 18.4 Å². The second kappa shape index (κ2) is 11.6. The van der Waals surface area contributed by atoms with E-state index in [1.54, 1.807) is 19.2 Å². The number of benzene rings is 3. The van der Waals surface area contributed by atoms with Gasteiger partial charge in [0.1, 0.15) is 5.82 Å². The van der Waals surface area contributed by atoms with Gasteiger partial charge in [-0.2, -0.15) is 0 Å². The summed E-state index contributed by atoms with van der Waals surface area (Å²) in [4.78, 5) is 15.4. The van der Waals surface area contributed by atoms with Crippen molar-refractivity contribution < 1.29 is 23.4 Å². The topological polar surface area (TPSA) is 72.1 Å². The summed E-state index contributed by atoms with van der Waals surface area (Å²) in [6, 6.07) is 20.6. The van der Waals surface area contributed by atoms with E-state index in [0.717, 1.165) is 17.7 Å². The van der Waals surface area contributed by atoms with Gasteiger partial charge in [-0.3, -0.25) is 9.69 Å². The van der Waals surface area contributed by atoms with E-state index in [9.17, 15) is 9.18 Å². The lowest BCUT2D eigenvalue weighted by Crippen LogP contribution is -2.43. The monoisotopic (exact) mass is 505 g/mol. The normalized spacial score (nSPS) is 18.6. The largest absolute Gasteiger partial charge is 0.493 e. The Bertz CT molecular complexity index is 1220. The van der Waals surface area contributed by atoms with Gasteiger partial charge >= 0.3 is 0 Å². The summed E-state index contributed by atoms with van der Waals surface area (Å²) in [6.07, 6.45) is 1.14. The minimum atomic E-state index is -0.274. The van der Waals surface area contributed by atoms with Crippen LogP contribution < -0.4 is 24.8 Å². The van der Waals surface area contributed by atoms with E-state index < -0.39 is 0 Å². The molecule has 2 N–H and O–H groups in total. The van der Waals surface area contributed by atoms with Crippen LogP contribution in [0.2, 0.25) is 0 Å². The van der Waals surface area contributed by atoms with Crippen LogP contribution in [0.3, 0.4) is 0 Å². The summed E-state index contributed by atoms with van der Waals surface area (Å²) in [5.41, 5.74) is 2.79. The predicted molar refractivity (Wildman–Crippen MR) is 138 cm³/mol. The number of nitrogens with zero attached hydrogens (tertiary/aromatic N) is 1. The van der Waals surface area contributed by atoms with Gasteiger partial charge in [-0.05, 0) is 47.7 Å². The zero-order valence-electron chi connectivity index (χ0n) is 20.9. The first-order chi connectivity index (χ1) is 18.1. The number of halogens is 1. The number of rotatable bonds is 10. The summed E-state index contributed by atoms with van der Waals surface area (Å²) in [6.45, 7) is 2.61.